The minimum Gasteiger partial charge on any atom is -0.389 e. The van der Waals surface area contributed by atoms with E-state index in [9.17, 15) is 0 Å². The summed E-state index contributed by atoms with van der Waals surface area (Å²) in [4.78, 5) is 2.98. The van der Waals surface area contributed by atoms with E-state index >= 15 is 0 Å². The topological polar surface area (TPSA) is 29.3 Å². The molecule has 0 aromatic heterocycles. The summed E-state index contributed by atoms with van der Waals surface area (Å²) in [5, 5.41) is 0. The molecule has 1 heterocycles. The standard InChI is InChI=1S/C16H24N2S/c1-3-4-13-7-9-18(10-8-13)14-5-6-15(16(17)19)12(2)11-14/h5-6,11,13H,3-4,7-10H2,1-2H3,(H2,17,19). The van der Waals surface area contributed by atoms with E-state index in [2.05, 4.69) is 36.9 Å². The molecule has 2 N–H and O–H groups in total. The highest BCUT2D eigenvalue weighted by molar-refractivity contribution is 7.80. The van der Waals surface area contributed by atoms with Gasteiger partial charge in [0.2, 0.25) is 0 Å². The maximum atomic E-state index is 5.71. The van der Waals surface area contributed by atoms with Gasteiger partial charge in [-0.1, -0.05) is 32.0 Å². The van der Waals surface area contributed by atoms with Gasteiger partial charge in [0.25, 0.3) is 0 Å². The van der Waals surface area contributed by atoms with Crippen LogP contribution in [0.5, 0.6) is 0 Å². The Morgan fingerprint density at radius 1 is 1.37 bits per heavy atom. The Labute approximate surface area is 122 Å². The number of hydrogen-bond acceptors (Lipinski definition) is 2. The van der Waals surface area contributed by atoms with Crippen molar-refractivity contribution >= 4 is 22.9 Å². The van der Waals surface area contributed by atoms with Gasteiger partial charge in [0.15, 0.2) is 0 Å². The van der Waals surface area contributed by atoms with Crippen LogP contribution in [0.1, 0.15) is 43.7 Å². The summed E-state index contributed by atoms with van der Waals surface area (Å²) in [5.74, 6) is 0.929. The van der Waals surface area contributed by atoms with Gasteiger partial charge in [-0.15, -0.1) is 0 Å². The third-order valence-electron chi connectivity index (χ3n) is 4.15. The number of rotatable bonds is 4. The van der Waals surface area contributed by atoms with Gasteiger partial charge < -0.3 is 10.6 Å². The number of benzene rings is 1. The average molecular weight is 276 g/mol. The minimum atomic E-state index is 0.491. The summed E-state index contributed by atoms with van der Waals surface area (Å²) in [7, 11) is 0. The summed E-state index contributed by atoms with van der Waals surface area (Å²) in [6, 6.07) is 6.43. The van der Waals surface area contributed by atoms with E-state index in [1.54, 1.807) is 0 Å². The number of aryl methyl sites for hydroxylation is 1. The van der Waals surface area contributed by atoms with Gasteiger partial charge in [0, 0.05) is 24.3 Å². The Balaban J connectivity index is 2.04. The average Bonchev–Trinajstić information content (AvgIpc) is 2.39. The Morgan fingerprint density at radius 3 is 2.58 bits per heavy atom. The Hall–Kier alpha value is -1.09. The quantitative estimate of drug-likeness (QED) is 0.851. The Morgan fingerprint density at radius 2 is 2.05 bits per heavy atom. The highest BCUT2D eigenvalue weighted by Gasteiger charge is 2.19. The molecule has 1 aliphatic rings. The summed E-state index contributed by atoms with van der Waals surface area (Å²) >= 11 is 5.06. The number of thiocarbonyl (C=S) groups is 1. The van der Waals surface area contributed by atoms with Crippen LogP contribution in [0.3, 0.4) is 0 Å². The first-order valence-corrected chi connectivity index (χ1v) is 7.68. The van der Waals surface area contributed by atoms with Crippen molar-refractivity contribution in [1.82, 2.24) is 0 Å². The molecule has 2 rings (SSSR count). The predicted octanol–water partition coefficient (Wildman–Crippen LogP) is 3.65. The number of anilines is 1. The largest absolute Gasteiger partial charge is 0.389 e. The fraction of sp³-hybridized carbons (Fsp3) is 0.562. The van der Waals surface area contributed by atoms with Crippen molar-refractivity contribution in [3.8, 4) is 0 Å². The van der Waals surface area contributed by atoms with Crippen LogP contribution in [0.25, 0.3) is 0 Å². The van der Waals surface area contributed by atoms with Gasteiger partial charge in [-0.3, -0.25) is 0 Å². The fourth-order valence-corrected chi connectivity index (χ4v) is 3.24. The summed E-state index contributed by atoms with van der Waals surface area (Å²) in [6.45, 7) is 6.72. The second-order valence-electron chi connectivity index (χ2n) is 5.58. The van der Waals surface area contributed by atoms with Crippen LogP contribution in [0.2, 0.25) is 0 Å². The summed E-state index contributed by atoms with van der Waals surface area (Å²) < 4.78 is 0. The maximum Gasteiger partial charge on any atom is 0.104 e. The van der Waals surface area contributed by atoms with E-state index < -0.39 is 0 Å². The monoisotopic (exact) mass is 276 g/mol. The first-order valence-electron chi connectivity index (χ1n) is 7.27. The number of nitrogens with two attached hydrogens (primary N) is 1. The molecule has 1 fully saturated rings. The van der Waals surface area contributed by atoms with Crippen molar-refractivity contribution in [2.24, 2.45) is 11.7 Å². The van der Waals surface area contributed by atoms with Gasteiger partial charge in [0.1, 0.15) is 4.99 Å². The fourth-order valence-electron chi connectivity index (χ4n) is 3.01. The van der Waals surface area contributed by atoms with Crippen LogP contribution in [-0.2, 0) is 0 Å². The molecule has 0 spiro atoms. The van der Waals surface area contributed by atoms with Crippen LogP contribution in [0, 0.1) is 12.8 Å². The molecule has 0 radical (unpaired) electrons. The third kappa shape index (κ3) is 3.47. The minimum absolute atomic E-state index is 0.491. The van der Waals surface area contributed by atoms with Crippen molar-refractivity contribution in [3.05, 3.63) is 29.3 Å². The third-order valence-corrected chi connectivity index (χ3v) is 4.37. The van der Waals surface area contributed by atoms with Gasteiger partial charge in [-0.2, -0.15) is 0 Å². The summed E-state index contributed by atoms with van der Waals surface area (Å²) in [5.41, 5.74) is 9.21. The lowest BCUT2D eigenvalue weighted by atomic mass is 9.92. The molecule has 3 heteroatoms. The molecule has 0 unspecified atom stereocenters. The van der Waals surface area contributed by atoms with Gasteiger partial charge in [-0.25, -0.2) is 0 Å². The second kappa shape index (κ2) is 6.38. The normalized spacial score (nSPS) is 16.6. The molecular formula is C16H24N2S. The van der Waals surface area contributed by atoms with Crippen molar-refractivity contribution in [2.45, 2.75) is 39.5 Å². The van der Waals surface area contributed by atoms with Crippen molar-refractivity contribution in [1.29, 1.82) is 0 Å². The van der Waals surface area contributed by atoms with E-state index in [-0.39, 0.29) is 0 Å². The number of nitrogens with zero attached hydrogens (tertiary/aromatic N) is 1. The Bertz CT molecular complexity index is 448. The molecule has 1 aromatic rings. The van der Waals surface area contributed by atoms with E-state index in [1.807, 2.05) is 0 Å². The lowest BCUT2D eigenvalue weighted by Crippen LogP contribution is -2.33. The second-order valence-corrected chi connectivity index (χ2v) is 6.02. The first kappa shape index (κ1) is 14.3. The SMILES string of the molecule is CCCC1CCN(c2ccc(C(N)=S)c(C)c2)CC1. The van der Waals surface area contributed by atoms with Crippen LogP contribution in [-0.4, -0.2) is 18.1 Å². The van der Waals surface area contributed by atoms with Crippen molar-refractivity contribution < 1.29 is 0 Å². The highest BCUT2D eigenvalue weighted by atomic mass is 32.1. The molecule has 0 aliphatic carbocycles. The van der Waals surface area contributed by atoms with Crippen LogP contribution in [0.15, 0.2) is 18.2 Å². The number of piperidine rings is 1. The lowest BCUT2D eigenvalue weighted by molar-refractivity contribution is 0.378. The molecule has 0 bridgehead atoms. The molecule has 2 nitrogen and oxygen atoms in total. The van der Waals surface area contributed by atoms with E-state index in [0.29, 0.717) is 4.99 Å². The van der Waals surface area contributed by atoms with E-state index in [4.69, 9.17) is 18.0 Å². The molecule has 104 valence electrons. The van der Waals surface area contributed by atoms with Gasteiger partial charge >= 0.3 is 0 Å². The van der Waals surface area contributed by atoms with Crippen LogP contribution >= 0.6 is 12.2 Å². The molecule has 1 aliphatic heterocycles. The Kier molecular flexibility index (Phi) is 4.81. The predicted molar refractivity (Wildman–Crippen MR) is 86.9 cm³/mol. The maximum absolute atomic E-state index is 5.71. The van der Waals surface area contributed by atoms with Crippen molar-refractivity contribution in [2.75, 3.05) is 18.0 Å². The van der Waals surface area contributed by atoms with Crippen LogP contribution in [0.4, 0.5) is 5.69 Å². The number of hydrogen-bond donors (Lipinski definition) is 1. The molecule has 0 atom stereocenters. The summed E-state index contributed by atoms with van der Waals surface area (Å²) in [6.07, 6.45) is 5.34. The van der Waals surface area contributed by atoms with Crippen LogP contribution < -0.4 is 10.6 Å². The molecule has 0 amide bonds. The van der Waals surface area contributed by atoms with Gasteiger partial charge in [0.05, 0.1) is 0 Å². The van der Waals surface area contributed by atoms with Gasteiger partial charge in [-0.05, 0) is 49.4 Å². The van der Waals surface area contributed by atoms with Crippen molar-refractivity contribution in [3.63, 3.8) is 0 Å². The molecule has 0 saturated carbocycles. The van der Waals surface area contributed by atoms with E-state index in [0.717, 1.165) is 11.5 Å². The zero-order chi connectivity index (χ0) is 13.8. The lowest BCUT2D eigenvalue weighted by Gasteiger charge is -2.34. The van der Waals surface area contributed by atoms with E-state index in [1.165, 1.54) is 50.0 Å². The molecule has 1 aromatic carbocycles. The molecular weight excluding hydrogens is 252 g/mol. The molecule has 1 saturated heterocycles. The zero-order valence-electron chi connectivity index (χ0n) is 12.0. The zero-order valence-corrected chi connectivity index (χ0v) is 12.8. The molecule has 19 heavy (non-hydrogen) atoms. The highest BCUT2D eigenvalue weighted by Crippen LogP contribution is 2.27. The smallest absolute Gasteiger partial charge is 0.104 e. The first-order chi connectivity index (χ1) is 9.11.